The Bertz CT molecular complexity index is 1060. The molecule has 1 aromatic carbocycles. The van der Waals surface area contributed by atoms with Crippen LogP contribution in [0.15, 0.2) is 40.6 Å². The largest absolute Gasteiger partial charge is 0.355 e. The van der Waals surface area contributed by atoms with Crippen molar-refractivity contribution in [3.8, 4) is 0 Å². The van der Waals surface area contributed by atoms with Gasteiger partial charge in [-0.05, 0) is 42.8 Å². The minimum atomic E-state index is -3.72. The number of benzene rings is 1. The molecule has 10 heteroatoms. The lowest BCUT2D eigenvalue weighted by molar-refractivity contribution is -0.126. The number of nitrogens with one attached hydrogen (secondary N) is 1. The number of rotatable bonds is 6. The minimum absolute atomic E-state index is 0.0787. The van der Waals surface area contributed by atoms with Crippen LogP contribution in [0.1, 0.15) is 17.7 Å². The highest BCUT2D eigenvalue weighted by Gasteiger charge is 2.34. The second-order valence-electron chi connectivity index (χ2n) is 6.71. The average Bonchev–Trinajstić information content (AvgIpc) is 3.39. The molecule has 0 unspecified atom stereocenters. The van der Waals surface area contributed by atoms with Crippen molar-refractivity contribution in [3.05, 3.63) is 40.6 Å². The van der Waals surface area contributed by atoms with E-state index in [1.54, 1.807) is 29.5 Å². The van der Waals surface area contributed by atoms with Gasteiger partial charge in [0.2, 0.25) is 15.9 Å². The molecule has 1 N–H and O–H groups in total. The van der Waals surface area contributed by atoms with Gasteiger partial charge in [-0.25, -0.2) is 8.42 Å². The molecule has 1 atom stereocenters. The summed E-state index contributed by atoms with van der Waals surface area (Å²) >= 11 is 2.66. The van der Waals surface area contributed by atoms with Crippen molar-refractivity contribution in [2.24, 2.45) is 5.92 Å². The normalized spacial score (nSPS) is 18.4. The lowest BCUT2D eigenvalue weighted by Crippen LogP contribution is -2.45. The third-order valence-electron chi connectivity index (χ3n) is 4.87. The molecule has 1 amide bonds. The van der Waals surface area contributed by atoms with Crippen LogP contribution in [0.25, 0.3) is 11.0 Å². The lowest BCUT2D eigenvalue weighted by atomic mass is 9.99. The highest BCUT2D eigenvalue weighted by molar-refractivity contribution is 7.89. The number of carbonyl (C=O) groups is 1. The monoisotopic (exact) mass is 436 g/mol. The molecule has 28 heavy (non-hydrogen) atoms. The van der Waals surface area contributed by atoms with E-state index in [-0.39, 0.29) is 23.3 Å². The Labute approximate surface area is 171 Å². The van der Waals surface area contributed by atoms with Gasteiger partial charge in [-0.1, -0.05) is 12.1 Å². The molecule has 1 aliphatic heterocycles. The third kappa shape index (κ3) is 3.95. The number of thiophene rings is 1. The first kappa shape index (κ1) is 19.4. The Morgan fingerprint density at radius 1 is 1.25 bits per heavy atom. The molecular weight excluding hydrogens is 416 g/mol. The highest BCUT2D eigenvalue weighted by Crippen LogP contribution is 2.28. The van der Waals surface area contributed by atoms with Crippen LogP contribution < -0.4 is 5.32 Å². The molecule has 0 radical (unpaired) electrons. The summed E-state index contributed by atoms with van der Waals surface area (Å²) in [5.41, 5.74) is 0.973. The van der Waals surface area contributed by atoms with Crippen molar-refractivity contribution >= 4 is 50.0 Å². The summed E-state index contributed by atoms with van der Waals surface area (Å²) in [7, 11) is -3.72. The maximum Gasteiger partial charge on any atom is 0.245 e. The second kappa shape index (κ2) is 8.24. The van der Waals surface area contributed by atoms with Crippen LogP contribution in [-0.4, -0.2) is 47.0 Å². The molecule has 3 heterocycles. The summed E-state index contributed by atoms with van der Waals surface area (Å²) in [6.07, 6.45) is 2.14. The van der Waals surface area contributed by atoms with E-state index in [0.29, 0.717) is 37.0 Å². The van der Waals surface area contributed by atoms with Crippen LogP contribution in [0.3, 0.4) is 0 Å². The summed E-state index contributed by atoms with van der Waals surface area (Å²) < 4.78 is 36.0. The summed E-state index contributed by atoms with van der Waals surface area (Å²) in [4.78, 5) is 13.9. The molecule has 4 rings (SSSR count). The van der Waals surface area contributed by atoms with E-state index in [2.05, 4.69) is 14.1 Å². The molecule has 0 aliphatic carbocycles. The van der Waals surface area contributed by atoms with E-state index in [0.717, 1.165) is 18.1 Å². The van der Waals surface area contributed by atoms with Gasteiger partial charge in [0.25, 0.3) is 0 Å². The number of piperidine rings is 1. The number of carbonyl (C=O) groups excluding carboxylic acids is 1. The minimum Gasteiger partial charge on any atom is -0.355 e. The molecule has 0 bridgehead atoms. The number of aromatic nitrogens is 2. The van der Waals surface area contributed by atoms with Gasteiger partial charge in [0.15, 0.2) is 0 Å². The first-order valence-corrected chi connectivity index (χ1v) is 12.1. The van der Waals surface area contributed by atoms with Gasteiger partial charge in [-0.15, -0.1) is 11.3 Å². The zero-order valence-electron chi connectivity index (χ0n) is 15.1. The topological polar surface area (TPSA) is 92.3 Å². The predicted octanol–water partition coefficient (Wildman–Crippen LogP) is 2.51. The summed E-state index contributed by atoms with van der Waals surface area (Å²) in [5.74, 6) is -0.412. The Morgan fingerprint density at radius 3 is 2.96 bits per heavy atom. The molecule has 0 saturated carbocycles. The van der Waals surface area contributed by atoms with Crippen molar-refractivity contribution in [3.63, 3.8) is 0 Å². The van der Waals surface area contributed by atoms with Crippen molar-refractivity contribution in [2.75, 3.05) is 19.6 Å². The quantitative estimate of drug-likeness (QED) is 0.641. The van der Waals surface area contributed by atoms with Crippen LogP contribution in [0.2, 0.25) is 0 Å². The molecule has 1 fully saturated rings. The smallest absolute Gasteiger partial charge is 0.245 e. The molecule has 7 nitrogen and oxygen atoms in total. The van der Waals surface area contributed by atoms with Crippen LogP contribution in [0.5, 0.6) is 0 Å². The van der Waals surface area contributed by atoms with Crippen molar-refractivity contribution in [1.82, 2.24) is 18.4 Å². The van der Waals surface area contributed by atoms with Crippen LogP contribution in [0, 0.1) is 5.92 Å². The zero-order valence-corrected chi connectivity index (χ0v) is 17.5. The zero-order chi connectivity index (χ0) is 19.6. The van der Waals surface area contributed by atoms with Gasteiger partial charge >= 0.3 is 0 Å². The van der Waals surface area contributed by atoms with Gasteiger partial charge in [0.05, 0.1) is 17.6 Å². The highest BCUT2D eigenvalue weighted by atomic mass is 32.2. The summed E-state index contributed by atoms with van der Waals surface area (Å²) in [5, 5.41) is 4.97. The number of hydrogen-bond acceptors (Lipinski definition) is 7. The fourth-order valence-corrected chi connectivity index (χ4v) is 6.40. The lowest BCUT2D eigenvalue weighted by Gasteiger charge is -2.31. The first-order chi connectivity index (χ1) is 13.6. The van der Waals surface area contributed by atoms with Gasteiger partial charge in [-0.2, -0.15) is 13.1 Å². The number of hydrogen-bond donors (Lipinski definition) is 1. The number of sulfonamides is 1. The Kier molecular flexibility index (Phi) is 5.72. The number of fused-ring (bicyclic) bond motifs is 1. The summed E-state index contributed by atoms with van der Waals surface area (Å²) in [6.45, 7) is 1.17. The third-order valence-corrected chi connectivity index (χ3v) is 8.25. The molecule has 2 aromatic heterocycles. The van der Waals surface area contributed by atoms with Gasteiger partial charge in [0.1, 0.15) is 15.9 Å². The van der Waals surface area contributed by atoms with E-state index < -0.39 is 10.0 Å². The maximum absolute atomic E-state index is 13.2. The van der Waals surface area contributed by atoms with Crippen LogP contribution >= 0.6 is 23.1 Å². The first-order valence-electron chi connectivity index (χ1n) is 9.07. The number of amides is 1. The fraction of sp³-hybridized carbons (Fsp3) is 0.389. The van der Waals surface area contributed by atoms with Gasteiger partial charge in [0, 0.05) is 24.5 Å². The second-order valence-corrected chi connectivity index (χ2v) is 10.2. The van der Waals surface area contributed by atoms with E-state index in [1.807, 2.05) is 17.5 Å². The number of nitrogens with zero attached hydrogens (tertiary/aromatic N) is 3. The predicted molar refractivity (Wildman–Crippen MR) is 110 cm³/mol. The van der Waals surface area contributed by atoms with Crippen LogP contribution in [-0.2, 0) is 21.2 Å². The van der Waals surface area contributed by atoms with Crippen LogP contribution in [0.4, 0.5) is 0 Å². The van der Waals surface area contributed by atoms with Crippen molar-refractivity contribution in [1.29, 1.82) is 0 Å². The van der Waals surface area contributed by atoms with E-state index >= 15 is 0 Å². The fourth-order valence-electron chi connectivity index (χ4n) is 3.41. The van der Waals surface area contributed by atoms with E-state index in [9.17, 15) is 13.2 Å². The SMILES string of the molecule is O=C(NCCc1cccs1)[C@H]1CCCN(S(=O)(=O)c2cccc3nsnc23)C1. The average molecular weight is 437 g/mol. The Hall–Kier alpha value is -1.88. The molecule has 1 saturated heterocycles. The van der Waals surface area contributed by atoms with E-state index in [1.165, 1.54) is 9.18 Å². The Balaban J connectivity index is 1.44. The van der Waals surface area contributed by atoms with Gasteiger partial charge < -0.3 is 5.32 Å². The molecule has 0 spiro atoms. The molecule has 3 aromatic rings. The summed E-state index contributed by atoms with van der Waals surface area (Å²) in [6, 6.07) is 9.01. The molecular formula is C18H20N4O3S3. The standard InChI is InChI=1S/C18H20N4O3S3/c23-18(19-9-8-14-5-3-11-26-14)13-4-2-10-22(12-13)28(24,25)16-7-1-6-15-17(16)21-27-20-15/h1,3,5-7,11,13H,2,4,8-10,12H2,(H,19,23)/t13-/m0/s1. The van der Waals surface area contributed by atoms with E-state index in [4.69, 9.17) is 0 Å². The Morgan fingerprint density at radius 2 is 2.14 bits per heavy atom. The maximum atomic E-state index is 13.2. The van der Waals surface area contributed by atoms with Gasteiger partial charge in [-0.3, -0.25) is 4.79 Å². The van der Waals surface area contributed by atoms with Crippen molar-refractivity contribution in [2.45, 2.75) is 24.2 Å². The van der Waals surface area contributed by atoms with Crippen molar-refractivity contribution < 1.29 is 13.2 Å². The molecule has 1 aliphatic rings. The molecule has 148 valence electrons.